The molecule has 0 saturated heterocycles. The number of aromatic nitrogens is 3. The number of benzene rings is 1. The van der Waals surface area contributed by atoms with Gasteiger partial charge in [0.1, 0.15) is 6.54 Å². The van der Waals surface area contributed by atoms with E-state index in [1.165, 1.54) is 0 Å². The fourth-order valence-corrected chi connectivity index (χ4v) is 3.16. The Labute approximate surface area is 126 Å². The summed E-state index contributed by atoms with van der Waals surface area (Å²) in [7, 11) is 0. The molecular weight excluding hydrogens is 284 g/mol. The molecule has 3 rings (SSSR count). The summed E-state index contributed by atoms with van der Waals surface area (Å²) in [5.41, 5.74) is 3.66. The van der Waals surface area contributed by atoms with E-state index in [1.807, 2.05) is 45.0 Å². The number of anilines is 1. The van der Waals surface area contributed by atoms with E-state index >= 15 is 0 Å². The fraction of sp³-hybridized carbons (Fsp3) is 0.267. The zero-order chi connectivity index (χ0) is 15.0. The first-order valence-corrected chi connectivity index (χ1v) is 7.51. The lowest BCUT2D eigenvalue weighted by molar-refractivity contribution is -0.116. The van der Waals surface area contributed by atoms with Gasteiger partial charge in [-0.25, -0.2) is 4.98 Å². The number of carbonyl (C=O) groups is 1. The standard InChI is InChI=1S/C15H16N4OS/c1-9-6-10(2)19(18-9)8-15(20)17-12-4-5-13-14(7-12)21-11(3)16-13/h4-7H,8H2,1-3H3,(H,17,20). The normalized spacial score (nSPS) is 11.0. The second kappa shape index (κ2) is 5.29. The third-order valence-corrected chi connectivity index (χ3v) is 4.11. The largest absolute Gasteiger partial charge is 0.324 e. The van der Waals surface area contributed by atoms with Gasteiger partial charge in [-0.2, -0.15) is 5.10 Å². The van der Waals surface area contributed by atoms with E-state index in [2.05, 4.69) is 15.4 Å². The first-order valence-electron chi connectivity index (χ1n) is 6.69. The monoisotopic (exact) mass is 300 g/mol. The third-order valence-electron chi connectivity index (χ3n) is 3.18. The summed E-state index contributed by atoms with van der Waals surface area (Å²) >= 11 is 1.62. The minimum Gasteiger partial charge on any atom is -0.324 e. The minimum atomic E-state index is -0.0817. The van der Waals surface area contributed by atoms with E-state index in [1.54, 1.807) is 16.0 Å². The van der Waals surface area contributed by atoms with Crippen LogP contribution in [-0.4, -0.2) is 20.7 Å². The molecule has 1 N–H and O–H groups in total. The number of amides is 1. The zero-order valence-electron chi connectivity index (χ0n) is 12.2. The van der Waals surface area contributed by atoms with Gasteiger partial charge in [-0.3, -0.25) is 9.48 Å². The molecule has 1 aromatic carbocycles. The average molecular weight is 300 g/mol. The molecule has 0 radical (unpaired) electrons. The van der Waals surface area contributed by atoms with Crippen LogP contribution in [0, 0.1) is 20.8 Å². The Morgan fingerprint density at radius 2 is 2.10 bits per heavy atom. The number of rotatable bonds is 3. The number of aryl methyl sites for hydroxylation is 3. The van der Waals surface area contributed by atoms with Crippen LogP contribution in [-0.2, 0) is 11.3 Å². The van der Waals surface area contributed by atoms with Crippen molar-refractivity contribution in [3.8, 4) is 0 Å². The van der Waals surface area contributed by atoms with E-state index in [-0.39, 0.29) is 12.5 Å². The number of nitrogens with one attached hydrogen (secondary N) is 1. The van der Waals surface area contributed by atoms with E-state index in [0.717, 1.165) is 32.3 Å². The Balaban J connectivity index is 1.75. The van der Waals surface area contributed by atoms with Crippen molar-refractivity contribution in [2.75, 3.05) is 5.32 Å². The smallest absolute Gasteiger partial charge is 0.246 e. The van der Waals surface area contributed by atoms with Crippen molar-refractivity contribution in [1.29, 1.82) is 0 Å². The Morgan fingerprint density at radius 3 is 2.81 bits per heavy atom. The van der Waals surface area contributed by atoms with Crippen molar-refractivity contribution in [2.24, 2.45) is 0 Å². The van der Waals surface area contributed by atoms with Gasteiger partial charge in [-0.05, 0) is 45.0 Å². The Hall–Kier alpha value is -2.21. The van der Waals surface area contributed by atoms with Gasteiger partial charge >= 0.3 is 0 Å². The highest BCUT2D eigenvalue weighted by Crippen LogP contribution is 2.24. The second-order valence-corrected chi connectivity index (χ2v) is 6.28. The molecule has 0 bridgehead atoms. The number of hydrogen-bond donors (Lipinski definition) is 1. The summed E-state index contributed by atoms with van der Waals surface area (Å²) in [6, 6.07) is 7.72. The Morgan fingerprint density at radius 1 is 1.29 bits per heavy atom. The maximum absolute atomic E-state index is 12.1. The molecule has 2 aromatic heterocycles. The van der Waals surface area contributed by atoms with Crippen LogP contribution in [0.3, 0.4) is 0 Å². The summed E-state index contributed by atoms with van der Waals surface area (Å²) in [6.45, 7) is 6.06. The predicted octanol–water partition coefficient (Wildman–Crippen LogP) is 3.06. The van der Waals surface area contributed by atoms with Gasteiger partial charge in [-0.15, -0.1) is 11.3 Å². The molecule has 0 fully saturated rings. The third kappa shape index (κ3) is 2.95. The molecule has 0 spiro atoms. The molecule has 3 aromatic rings. The van der Waals surface area contributed by atoms with Gasteiger partial charge in [0.25, 0.3) is 0 Å². The molecule has 6 heteroatoms. The molecule has 5 nitrogen and oxygen atoms in total. The van der Waals surface area contributed by atoms with Crippen LogP contribution in [0.2, 0.25) is 0 Å². The number of thiazole rings is 1. The number of nitrogens with zero attached hydrogens (tertiary/aromatic N) is 3. The van der Waals surface area contributed by atoms with E-state index < -0.39 is 0 Å². The lowest BCUT2D eigenvalue weighted by Gasteiger charge is -2.06. The molecular formula is C15H16N4OS. The van der Waals surface area contributed by atoms with E-state index in [4.69, 9.17) is 0 Å². The van der Waals surface area contributed by atoms with E-state index in [9.17, 15) is 4.79 Å². The van der Waals surface area contributed by atoms with Crippen molar-refractivity contribution < 1.29 is 4.79 Å². The van der Waals surface area contributed by atoms with Crippen molar-refractivity contribution in [2.45, 2.75) is 27.3 Å². The molecule has 1 amide bonds. The summed E-state index contributed by atoms with van der Waals surface area (Å²) in [5, 5.41) is 8.22. The molecule has 0 aliphatic rings. The highest BCUT2D eigenvalue weighted by atomic mass is 32.1. The summed E-state index contributed by atoms with van der Waals surface area (Å²) in [4.78, 5) is 16.5. The predicted molar refractivity (Wildman–Crippen MR) is 84.7 cm³/mol. The molecule has 0 unspecified atom stereocenters. The molecule has 0 atom stereocenters. The number of carbonyl (C=O) groups excluding carboxylic acids is 1. The topological polar surface area (TPSA) is 59.8 Å². The van der Waals surface area contributed by atoms with Gasteiger partial charge in [0.15, 0.2) is 0 Å². The van der Waals surface area contributed by atoms with Gasteiger partial charge in [0, 0.05) is 11.4 Å². The van der Waals surface area contributed by atoms with Crippen LogP contribution in [0.25, 0.3) is 10.2 Å². The first-order chi connectivity index (χ1) is 10.0. The van der Waals surface area contributed by atoms with Gasteiger partial charge in [0.05, 0.1) is 20.9 Å². The van der Waals surface area contributed by atoms with Gasteiger partial charge < -0.3 is 5.32 Å². The van der Waals surface area contributed by atoms with Crippen LogP contribution in [0.15, 0.2) is 24.3 Å². The van der Waals surface area contributed by atoms with Crippen LogP contribution >= 0.6 is 11.3 Å². The SMILES string of the molecule is Cc1cc(C)n(CC(=O)Nc2ccc3nc(C)sc3c2)n1. The Kier molecular flexibility index (Phi) is 3.47. The summed E-state index contributed by atoms with van der Waals surface area (Å²) < 4.78 is 2.79. The van der Waals surface area contributed by atoms with Crippen molar-refractivity contribution in [3.05, 3.63) is 40.7 Å². The average Bonchev–Trinajstić information content (AvgIpc) is 2.90. The Bertz CT molecular complexity index is 818. The number of hydrogen-bond acceptors (Lipinski definition) is 4. The van der Waals surface area contributed by atoms with E-state index in [0.29, 0.717) is 0 Å². The molecule has 0 aliphatic carbocycles. The maximum atomic E-state index is 12.1. The molecule has 0 aliphatic heterocycles. The molecule has 0 saturated carbocycles. The fourth-order valence-electron chi connectivity index (χ4n) is 2.29. The number of fused-ring (bicyclic) bond motifs is 1. The van der Waals surface area contributed by atoms with Gasteiger partial charge in [0.2, 0.25) is 5.91 Å². The quantitative estimate of drug-likeness (QED) is 0.808. The molecule has 2 heterocycles. The van der Waals surface area contributed by atoms with Crippen LogP contribution in [0.1, 0.15) is 16.4 Å². The highest BCUT2D eigenvalue weighted by Gasteiger charge is 2.08. The highest BCUT2D eigenvalue weighted by molar-refractivity contribution is 7.18. The van der Waals surface area contributed by atoms with Crippen molar-refractivity contribution >= 4 is 33.1 Å². The first kappa shape index (κ1) is 13.8. The molecule has 21 heavy (non-hydrogen) atoms. The maximum Gasteiger partial charge on any atom is 0.246 e. The summed E-state index contributed by atoms with van der Waals surface area (Å²) in [6.07, 6.45) is 0. The summed E-state index contributed by atoms with van der Waals surface area (Å²) in [5.74, 6) is -0.0817. The lowest BCUT2D eigenvalue weighted by Crippen LogP contribution is -2.20. The minimum absolute atomic E-state index is 0.0817. The van der Waals surface area contributed by atoms with Crippen molar-refractivity contribution in [1.82, 2.24) is 14.8 Å². The molecule has 108 valence electrons. The van der Waals surface area contributed by atoms with Crippen LogP contribution in [0.4, 0.5) is 5.69 Å². The second-order valence-electron chi connectivity index (χ2n) is 5.05. The van der Waals surface area contributed by atoms with Crippen molar-refractivity contribution in [3.63, 3.8) is 0 Å². The zero-order valence-corrected chi connectivity index (χ0v) is 13.0. The lowest BCUT2D eigenvalue weighted by atomic mass is 10.3. The van der Waals surface area contributed by atoms with Crippen LogP contribution in [0.5, 0.6) is 0 Å². The van der Waals surface area contributed by atoms with Crippen LogP contribution < -0.4 is 5.32 Å². The van der Waals surface area contributed by atoms with Gasteiger partial charge in [-0.1, -0.05) is 0 Å².